The van der Waals surface area contributed by atoms with E-state index in [2.05, 4.69) is 15.3 Å². The van der Waals surface area contributed by atoms with Crippen LogP contribution in [0.15, 0.2) is 42.7 Å². The number of aromatic nitrogens is 2. The molecule has 1 aromatic carbocycles. The fourth-order valence-electron chi connectivity index (χ4n) is 1.27. The van der Waals surface area contributed by atoms with Crippen molar-refractivity contribution in [1.29, 1.82) is 0 Å². The lowest BCUT2D eigenvalue weighted by molar-refractivity contribution is -0.111. The monoisotopic (exact) mass is 231 g/mol. The topological polar surface area (TPSA) is 57.8 Å². The Balaban J connectivity index is 1.99. The zero-order valence-electron chi connectivity index (χ0n) is 8.85. The highest BCUT2D eigenvalue weighted by molar-refractivity contribution is 6.00. The van der Waals surface area contributed by atoms with Crippen LogP contribution in [0.5, 0.6) is 0 Å². The van der Waals surface area contributed by atoms with Crippen LogP contribution in [0, 0.1) is 5.82 Å². The van der Waals surface area contributed by atoms with Crippen molar-refractivity contribution in [2.45, 2.75) is 0 Å². The molecular formula is C12H10FN3O. The summed E-state index contributed by atoms with van der Waals surface area (Å²) in [5.41, 5.74) is 0.625. The van der Waals surface area contributed by atoms with Gasteiger partial charge in [0.1, 0.15) is 5.82 Å². The number of hydrogen-bond donors (Lipinski definition) is 2. The molecule has 0 bridgehead atoms. The summed E-state index contributed by atoms with van der Waals surface area (Å²) in [7, 11) is 0. The van der Waals surface area contributed by atoms with E-state index in [9.17, 15) is 9.18 Å². The lowest BCUT2D eigenvalue weighted by Gasteiger charge is -1.96. The standard InChI is InChI=1S/C12H10FN3O/c13-10-3-1-2-9(8-10)4-5-11(17)16-12-14-6-7-15-12/h1-8H,(H2,14,15,16,17). The number of halogens is 1. The maximum atomic E-state index is 12.8. The van der Waals surface area contributed by atoms with Crippen LogP contribution in [0.25, 0.3) is 6.08 Å². The summed E-state index contributed by atoms with van der Waals surface area (Å²) in [6.45, 7) is 0. The number of hydrogen-bond acceptors (Lipinski definition) is 2. The van der Waals surface area contributed by atoms with Crippen LogP contribution in [-0.2, 0) is 4.79 Å². The molecule has 1 heterocycles. The average molecular weight is 231 g/mol. The molecule has 0 atom stereocenters. The van der Waals surface area contributed by atoms with E-state index in [1.807, 2.05) is 0 Å². The molecule has 2 N–H and O–H groups in total. The summed E-state index contributed by atoms with van der Waals surface area (Å²) in [5, 5.41) is 2.52. The molecule has 0 fully saturated rings. The molecule has 86 valence electrons. The number of aromatic amines is 1. The predicted octanol–water partition coefficient (Wildman–Crippen LogP) is 2.20. The Hall–Kier alpha value is -2.43. The highest BCUT2D eigenvalue weighted by Gasteiger charge is 1.98. The quantitative estimate of drug-likeness (QED) is 0.795. The largest absolute Gasteiger partial charge is 0.331 e. The number of rotatable bonds is 3. The molecule has 5 heteroatoms. The van der Waals surface area contributed by atoms with Crippen molar-refractivity contribution >= 4 is 17.9 Å². The minimum Gasteiger partial charge on any atom is -0.331 e. The third kappa shape index (κ3) is 3.27. The van der Waals surface area contributed by atoms with Gasteiger partial charge in [0.05, 0.1) is 0 Å². The Morgan fingerprint density at radius 2 is 2.35 bits per heavy atom. The van der Waals surface area contributed by atoms with Crippen molar-refractivity contribution in [2.24, 2.45) is 0 Å². The van der Waals surface area contributed by atoms with Gasteiger partial charge in [0, 0.05) is 18.5 Å². The van der Waals surface area contributed by atoms with Gasteiger partial charge in [-0.15, -0.1) is 0 Å². The van der Waals surface area contributed by atoms with Crippen LogP contribution in [0.3, 0.4) is 0 Å². The highest BCUT2D eigenvalue weighted by Crippen LogP contribution is 2.05. The van der Waals surface area contributed by atoms with Gasteiger partial charge in [-0.1, -0.05) is 12.1 Å². The van der Waals surface area contributed by atoms with Crippen LogP contribution in [0.1, 0.15) is 5.56 Å². The van der Waals surface area contributed by atoms with Crippen LogP contribution in [-0.4, -0.2) is 15.9 Å². The van der Waals surface area contributed by atoms with Gasteiger partial charge in [-0.05, 0) is 23.8 Å². The molecule has 2 rings (SSSR count). The molecule has 0 unspecified atom stereocenters. The molecule has 0 saturated carbocycles. The third-order valence-corrected chi connectivity index (χ3v) is 2.02. The second kappa shape index (κ2) is 5.07. The molecule has 2 aromatic rings. The number of imidazole rings is 1. The van der Waals surface area contributed by atoms with E-state index in [0.717, 1.165) is 0 Å². The van der Waals surface area contributed by atoms with Gasteiger partial charge in [-0.3, -0.25) is 10.1 Å². The van der Waals surface area contributed by atoms with Crippen molar-refractivity contribution in [3.05, 3.63) is 54.1 Å². The smallest absolute Gasteiger partial charge is 0.250 e. The molecule has 1 aromatic heterocycles. The molecule has 0 radical (unpaired) electrons. The number of H-pyrrole nitrogens is 1. The maximum Gasteiger partial charge on any atom is 0.250 e. The first-order valence-electron chi connectivity index (χ1n) is 4.98. The Morgan fingerprint density at radius 3 is 3.06 bits per heavy atom. The van der Waals surface area contributed by atoms with E-state index in [1.54, 1.807) is 18.3 Å². The summed E-state index contributed by atoms with van der Waals surface area (Å²) in [6, 6.07) is 5.98. The van der Waals surface area contributed by atoms with E-state index < -0.39 is 0 Å². The van der Waals surface area contributed by atoms with E-state index in [-0.39, 0.29) is 11.7 Å². The normalized spacial score (nSPS) is 10.6. The number of amides is 1. The minimum atomic E-state index is -0.335. The Kier molecular flexibility index (Phi) is 3.30. The van der Waals surface area contributed by atoms with Crippen molar-refractivity contribution in [2.75, 3.05) is 5.32 Å². The summed E-state index contributed by atoms with van der Waals surface area (Å²) >= 11 is 0. The van der Waals surface area contributed by atoms with Gasteiger partial charge < -0.3 is 4.98 Å². The van der Waals surface area contributed by atoms with Crippen LogP contribution in [0.2, 0.25) is 0 Å². The summed E-state index contributed by atoms with van der Waals surface area (Å²) in [5.74, 6) is -0.290. The Bertz CT molecular complexity index is 534. The summed E-state index contributed by atoms with van der Waals surface area (Å²) in [4.78, 5) is 18.0. The van der Waals surface area contributed by atoms with E-state index in [4.69, 9.17) is 0 Å². The molecular weight excluding hydrogens is 221 g/mol. The second-order valence-corrected chi connectivity index (χ2v) is 3.32. The highest BCUT2D eigenvalue weighted by atomic mass is 19.1. The number of nitrogens with one attached hydrogen (secondary N) is 2. The number of anilines is 1. The average Bonchev–Trinajstić information content (AvgIpc) is 2.79. The lowest BCUT2D eigenvalue weighted by atomic mass is 10.2. The van der Waals surface area contributed by atoms with Crippen LogP contribution < -0.4 is 5.32 Å². The number of benzene rings is 1. The number of carbonyl (C=O) groups excluding carboxylic acids is 1. The Labute approximate surface area is 97.2 Å². The molecule has 0 aliphatic heterocycles. The van der Waals surface area contributed by atoms with E-state index >= 15 is 0 Å². The van der Waals surface area contributed by atoms with Gasteiger partial charge in [0.15, 0.2) is 0 Å². The molecule has 1 amide bonds. The van der Waals surface area contributed by atoms with Crippen molar-refractivity contribution < 1.29 is 9.18 Å². The molecule has 0 saturated heterocycles. The minimum absolute atomic E-state index is 0.329. The van der Waals surface area contributed by atoms with Gasteiger partial charge in [0.2, 0.25) is 5.95 Å². The summed E-state index contributed by atoms with van der Waals surface area (Å²) in [6.07, 6.45) is 5.98. The van der Waals surface area contributed by atoms with Gasteiger partial charge in [-0.25, -0.2) is 9.37 Å². The van der Waals surface area contributed by atoms with Gasteiger partial charge in [0.25, 0.3) is 5.91 Å². The number of carbonyl (C=O) groups is 1. The summed E-state index contributed by atoms with van der Waals surface area (Å²) < 4.78 is 12.8. The van der Waals surface area contributed by atoms with Crippen molar-refractivity contribution in [3.8, 4) is 0 Å². The SMILES string of the molecule is O=C(C=Cc1cccc(F)c1)Nc1ncc[nH]1. The van der Waals surface area contributed by atoms with Crippen molar-refractivity contribution in [1.82, 2.24) is 9.97 Å². The van der Waals surface area contributed by atoms with Gasteiger partial charge in [-0.2, -0.15) is 0 Å². The predicted molar refractivity (Wildman–Crippen MR) is 62.7 cm³/mol. The maximum absolute atomic E-state index is 12.8. The lowest BCUT2D eigenvalue weighted by Crippen LogP contribution is -2.08. The first-order chi connectivity index (χ1) is 8.24. The fraction of sp³-hybridized carbons (Fsp3) is 0. The molecule has 0 aliphatic rings. The molecule has 0 spiro atoms. The van der Waals surface area contributed by atoms with Crippen molar-refractivity contribution in [3.63, 3.8) is 0 Å². The first kappa shape index (κ1) is 11.1. The Morgan fingerprint density at radius 1 is 1.47 bits per heavy atom. The molecule has 4 nitrogen and oxygen atoms in total. The van der Waals surface area contributed by atoms with Crippen LogP contribution >= 0.6 is 0 Å². The fourth-order valence-corrected chi connectivity index (χ4v) is 1.27. The van der Waals surface area contributed by atoms with E-state index in [0.29, 0.717) is 11.5 Å². The zero-order valence-corrected chi connectivity index (χ0v) is 8.85. The van der Waals surface area contributed by atoms with Gasteiger partial charge >= 0.3 is 0 Å². The molecule has 17 heavy (non-hydrogen) atoms. The van der Waals surface area contributed by atoms with E-state index in [1.165, 1.54) is 30.5 Å². The van der Waals surface area contributed by atoms with Crippen LogP contribution in [0.4, 0.5) is 10.3 Å². The number of nitrogens with zero attached hydrogens (tertiary/aromatic N) is 1. The zero-order chi connectivity index (χ0) is 12.1. The first-order valence-corrected chi connectivity index (χ1v) is 4.98. The second-order valence-electron chi connectivity index (χ2n) is 3.32. The molecule has 0 aliphatic carbocycles. The third-order valence-electron chi connectivity index (χ3n) is 2.02.